The Labute approximate surface area is 134 Å². The third kappa shape index (κ3) is 2.61. The number of carbonyl (C=O) groups excluding carboxylic acids is 1. The van der Waals surface area contributed by atoms with Gasteiger partial charge in [0.1, 0.15) is 5.58 Å². The number of halogens is 3. The van der Waals surface area contributed by atoms with Crippen molar-refractivity contribution in [3.8, 4) is 0 Å². The number of nitrogens with one attached hydrogen (secondary N) is 2. The molecule has 0 fully saturated rings. The van der Waals surface area contributed by atoms with Gasteiger partial charge in [-0.05, 0) is 31.9 Å². The third-order valence-corrected chi connectivity index (χ3v) is 3.67. The fourth-order valence-electron chi connectivity index (χ4n) is 2.49. The Morgan fingerprint density at radius 2 is 1.88 bits per heavy atom. The number of aromatic nitrogens is 3. The van der Waals surface area contributed by atoms with Crippen molar-refractivity contribution in [1.82, 2.24) is 15.2 Å². The predicted octanol–water partition coefficient (Wildman–Crippen LogP) is 3.75. The van der Waals surface area contributed by atoms with Crippen molar-refractivity contribution in [1.29, 1.82) is 0 Å². The first-order chi connectivity index (χ1) is 11.2. The molecule has 0 saturated carbocycles. The van der Waals surface area contributed by atoms with Crippen molar-refractivity contribution in [3.63, 3.8) is 0 Å². The van der Waals surface area contributed by atoms with E-state index in [0.717, 1.165) is 16.5 Å². The summed E-state index contributed by atoms with van der Waals surface area (Å²) in [6.07, 6.45) is -4.67. The molecular weight excluding hydrogens is 325 g/mol. The van der Waals surface area contributed by atoms with Gasteiger partial charge in [0.05, 0.1) is 0 Å². The van der Waals surface area contributed by atoms with E-state index in [1.165, 1.54) is 0 Å². The largest absolute Gasteiger partial charge is 0.451 e. The van der Waals surface area contributed by atoms with Crippen LogP contribution in [0.2, 0.25) is 0 Å². The first-order valence-electron chi connectivity index (χ1n) is 6.98. The first kappa shape index (κ1) is 16.0. The average molecular weight is 338 g/mol. The Morgan fingerprint density at radius 3 is 2.46 bits per heavy atom. The number of amides is 1. The van der Waals surface area contributed by atoms with E-state index >= 15 is 0 Å². The first-order valence-corrected chi connectivity index (χ1v) is 6.98. The summed E-state index contributed by atoms with van der Waals surface area (Å²) >= 11 is 0. The molecule has 0 spiro atoms. The minimum Gasteiger partial charge on any atom is -0.450 e. The Kier molecular flexibility index (Phi) is 3.58. The van der Waals surface area contributed by atoms with E-state index < -0.39 is 23.9 Å². The number of carbonyl (C=O) groups is 1. The second kappa shape index (κ2) is 5.36. The molecule has 0 bridgehead atoms. The monoisotopic (exact) mass is 338 g/mol. The number of hydrogen-bond acceptors (Lipinski definition) is 4. The average Bonchev–Trinajstić information content (AvgIpc) is 3.08. The third-order valence-electron chi connectivity index (χ3n) is 3.67. The molecule has 1 amide bonds. The van der Waals surface area contributed by atoms with Crippen LogP contribution in [0, 0.1) is 20.8 Å². The molecule has 126 valence electrons. The van der Waals surface area contributed by atoms with Crippen LogP contribution in [0.25, 0.3) is 11.0 Å². The number of rotatable bonds is 2. The lowest BCUT2D eigenvalue weighted by Gasteiger charge is -2.00. The minimum atomic E-state index is -4.67. The van der Waals surface area contributed by atoms with Crippen molar-refractivity contribution < 1.29 is 22.4 Å². The molecule has 3 aromatic rings. The van der Waals surface area contributed by atoms with Gasteiger partial charge in [0, 0.05) is 10.9 Å². The molecule has 0 aliphatic heterocycles. The topological polar surface area (TPSA) is 83.8 Å². The van der Waals surface area contributed by atoms with Crippen LogP contribution in [0.3, 0.4) is 0 Å². The van der Waals surface area contributed by atoms with Gasteiger partial charge >= 0.3 is 6.18 Å². The zero-order valence-electron chi connectivity index (χ0n) is 13.0. The van der Waals surface area contributed by atoms with E-state index in [1.54, 1.807) is 12.0 Å². The zero-order valence-corrected chi connectivity index (χ0v) is 13.0. The maximum atomic E-state index is 12.5. The molecular formula is C15H13F3N4O2. The van der Waals surface area contributed by atoms with Crippen LogP contribution >= 0.6 is 0 Å². The van der Waals surface area contributed by atoms with E-state index in [2.05, 4.69) is 15.4 Å². The summed E-state index contributed by atoms with van der Waals surface area (Å²) in [5.41, 5.74) is 2.97. The van der Waals surface area contributed by atoms with Crippen LogP contribution in [0.4, 0.5) is 19.1 Å². The van der Waals surface area contributed by atoms with Crippen molar-refractivity contribution >= 4 is 22.8 Å². The molecule has 0 aliphatic carbocycles. The number of aromatic amines is 1. The molecule has 0 atom stereocenters. The summed E-state index contributed by atoms with van der Waals surface area (Å²) in [5, 5.41) is 8.08. The minimum absolute atomic E-state index is 0.0146. The number of furan rings is 1. The lowest BCUT2D eigenvalue weighted by molar-refractivity contribution is -0.144. The number of nitrogens with zero attached hydrogens (tertiary/aromatic N) is 2. The summed E-state index contributed by atoms with van der Waals surface area (Å²) in [4.78, 5) is 15.5. The summed E-state index contributed by atoms with van der Waals surface area (Å²) in [5.74, 6) is -2.46. The highest BCUT2D eigenvalue weighted by molar-refractivity contribution is 6.06. The molecule has 2 aromatic heterocycles. The molecule has 0 aliphatic rings. The Balaban J connectivity index is 1.95. The zero-order chi connectivity index (χ0) is 17.6. The van der Waals surface area contributed by atoms with Crippen LogP contribution in [-0.4, -0.2) is 21.1 Å². The molecule has 1 aromatic carbocycles. The van der Waals surface area contributed by atoms with Gasteiger partial charge in [-0.3, -0.25) is 15.2 Å². The van der Waals surface area contributed by atoms with Crippen LogP contribution in [-0.2, 0) is 6.18 Å². The summed E-state index contributed by atoms with van der Waals surface area (Å²) < 4.78 is 43.1. The maximum absolute atomic E-state index is 12.5. The number of benzene rings is 1. The Bertz CT molecular complexity index is 940. The summed E-state index contributed by atoms with van der Waals surface area (Å²) in [6.45, 7) is 5.44. The molecule has 2 heterocycles. The van der Waals surface area contributed by atoms with Gasteiger partial charge in [-0.15, -0.1) is 5.10 Å². The van der Waals surface area contributed by atoms with E-state index in [9.17, 15) is 18.0 Å². The van der Waals surface area contributed by atoms with E-state index in [4.69, 9.17) is 4.42 Å². The molecule has 6 nitrogen and oxygen atoms in total. The fraction of sp³-hybridized carbons (Fsp3) is 0.267. The molecule has 9 heteroatoms. The quantitative estimate of drug-likeness (QED) is 0.745. The number of alkyl halides is 3. The van der Waals surface area contributed by atoms with Gasteiger partial charge in [-0.1, -0.05) is 12.1 Å². The van der Waals surface area contributed by atoms with Gasteiger partial charge in [-0.25, -0.2) is 0 Å². The Hall–Kier alpha value is -2.84. The molecule has 2 N–H and O–H groups in total. The van der Waals surface area contributed by atoms with Gasteiger partial charge in [0.25, 0.3) is 5.91 Å². The summed E-state index contributed by atoms with van der Waals surface area (Å²) in [6, 6.07) is 3.78. The van der Waals surface area contributed by atoms with E-state index in [-0.39, 0.29) is 5.76 Å². The van der Waals surface area contributed by atoms with Crippen molar-refractivity contribution in [3.05, 3.63) is 40.4 Å². The lowest BCUT2D eigenvalue weighted by Crippen LogP contribution is -2.13. The number of fused-ring (bicyclic) bond motifs is 1. The van der Waals surface area contributed by atoms with Gasteiger partial charge in [-0.2, -0.15) is 18.2 Å². The number of aryl methyl sites for hydroxylation is 3. The van der Waals surface area contributed by atoms with Crippen molar-refractivity contribution in [2.24, 2.45) is 0 Å². The van der Waals surface area contributed by atoms with Crippen LogP contribution in [0.5, 0.6) is 0 Å². The highest BCUT2D eigenvalue weighted by atomic mass is 19.4. The van der Waals surface area contributed by atoms with Crippen LogP contribution < -0.4 is 5.32 Å². The smallest absolute Gasteiger partial charge is 0.450 e. The number of hydrogen-bond donors (Lipinski definition) is 2. The fourth-order valence-corrected chi connectivity index (χ4v) is 2.49. The van der Waals surface area contributed by atoms with Crippen LogP contribution in [0.15, 0.2) is 16.5 Å². The standard InChI is InChI=1S/C15H13F3N4O2/c1-6-4-5-7(2)10-9(6)8(3)11(24-10)12(23)19-14-20-13(21-22-14)15(16,17)18/h4-5H,1-3H3,(H2,19,20,21,22,23). The molecule has 0 radical (unpaired) electrons. The highest BCUT2D eigenvalue weighted by Gasteiger charge is 2.35. The summed E-state index contributed by atoms with van der Waals surface area (Å²) in [7, 11) is 0. The van der Waals surface area contributed by atoms with Gasteiger partial charge in [0.2, 0.25) is 11.8 Å². The maximum Gasteiger partial charge on any atom is 0.451 e. The number of H-pyrrole nitrogens is 1. The van der Waals surface area contributed by atoms with Gasteiger partial charge in [0.15, 0.2) is 5.76 Å². The second-order valence-corrected chi connectivity index (χ2v) is 5.42. The Morgan fingerprint density at radius 1 is 1.21 bits per heavy atom. The molecule has 0 unspecified atom stereocenters. The van der Waals surface area contributed by atoms with E-state index in [1.807, 2.05) is 26.0 Å². The predicted molar refractivity (Wildman–Crippen MR) is 79.8 cm³/mol. The van der Waals surface area contributed by atoms with Crippen molar-refractivity contribution in [2.45, 2.75) is 26.9 Å². The highest BCUT2D eigenvalue weighted by Crippen LogP contribution is 2.31. The molecule has 0 saturated heterocycles. The second-order valence-electron chi connectivity index (χ2n) is 5.42. The molecule has 3 rings (SSSR count). The van der Waals surface area contributed by atoms with E-state index in [0.29, 0.717) is 11.1 Å². The number of anilines is 1. The lowest BCUT2D eigenvalue weighted by atomic mass is 10.0. The molecule has 24 heavy (non-hydrogen) atoms. The SMILES string of the molecule is Cc1ccc(C)c2c(C)c(C(=O)Nc3n[nH]c(C(F)(F)F)n3)oc12. The normalized spacial score (nSPS) is 11.9. The van der Waals surface area contributed by atoms with Crippen molar-refractivity contribution in [2.75, 3.05) is 5.32 Å². The van der Waals surface area contributed by atoms with Crippen LogP contribution in [0.1, 0.15) is 33.1 Å². The van der Waals surface area contributed by atoms with Gasteiger partial charge < -0.3 is 4.42 Å².